The van der Waals surface area contributed by atoms with Crippen LogP contribution in [-0.4, -0.2) is 18.6 Å². The minimum Gasteiger partial charge on any atom is -0.465 e. The van der Waals surface area contributed by atoms with Crippen LogP contribution in [0.4, 0.5) is 4.39 Å². The van der Waals surface area contributed by atoms with Crippen molar-refractivity contribution in [2.75, 3.05) is 6.61 Å². The summed E-state index contributed by atoms with van der Waals surface area (Å²) in [6.45, 7) is 2.72. The molecule has 0 bridgehead atoms. The molecule has 0 aromatic heterocycles. The summed E-state index contributed by atoms with van der Waals surface area (Å²) < 4.78 is 18.0. The average molecular weight is 223 g/mol. The third-order valence-corrected chi connectivity index (χ3v) is 2.70. The highest BCUT2D eigenvalue weighted by atomic mass is 19.1. The fraction of sp³-hybridized carbons (Fsp3) is 0.417. The highest BCUT2D eigenvalue weighted by Crippen LogP contribution is 2.18. The molecule has 1 atom stereocenters. The lowest BCUT2D eigenvalue weighted by atomic mass is 9.96. The van der Waals surface area contributed by atoms with E-state index in [1.54, 1.807) is 13.0 Å². The molecule has 0 saturated heterocycles. The van der Waals surface area contributed by atoms with E-state index in [2.05, 4.69) is 5.32 Å². The smallest absolute Gasteiger partial charge is 0.323 e. The Labute approximate surface area is 93.6 Å². The van der Waals surface area contributed by atoms with Gasteiger partial charge in [0, 0.05) is 6.54 Å². The van der Waals surface area contributed by atoms with Gasteiger partial charge in [0.2, 0.25) is 0 Å². The lowest BCUT2D eigenvalue weighted by molar-refractivity contribution is -0.145. The van der Waals surface area contributed by atoms with Gasteiger partial charge in [-0.2, -0.15) is 0 Å². The third-order valence-electron chi connectivity index (χ3n) is 2.70. The number of esters is 1. The van der Waals surface area contributed by atoms with E-state index in [-0.39, 0.29) is 17.8 Å². The molecular formula is C12H14FNO2. The van der Waals surface area contributed by atoms with Gasteiger partial charge in [-0.3, -0.25) is 4.79 Å². The van der Waals surface area contributed by atoms with E-state index in [4.69, 9.17) is 4.74 Å². The predicted octanol–water partition coefficient (Wildman–Crippen LogP) is 1.40. The molecule has 0 aliphatic carbocycles. The number of ether oxygens (including phenoxy) is 1. The summed E-state index contributed by atoms with van der Waals surface area (Å²) in [5, 5.41) is 3.08. The SMILES string of the molecule is CCOC(=O)C1Cc2cc(F)ccc2CN1. The zero-order valence-electron chi connectivity index (χ0n) is 9.13. The number of carbonyl (C=O) groups is 1. The molecule has 0 radical (unpaired) electrons. The zero-order chi connectivity index (χ0) is 11.5. The summed E-state index contributed by atoms with van der Waals surface area (Å²) in [5.74, 6) is -0.527. The number of nitrogens with one attached hydrogen (secondary N) is 1. The maximum Gasteiger partial charge on any atom is 0.323 e. The number of halogens is 1. The summed E-state index contributed by atoms with van der Waals surface area (Å²) >= 11 is 0. The quantitative estimate of drug-likeness (QED) is 0.770. The van der Waals surface area contributed by atoms with Gasteiger partial charge in [-0.05, 0) is 36.6 Å². The number of fused-ring (bicyclic) bond motifs is 1. The second-order valence-electron chi connectivity index (χ2n) is 3.80. The molecule has 0 saturated carbocycles. The van der Waals surface area contributed by atoms with Gasteiger partial charge in [-0.1, -0.05) is 6.07 Å². The van der Waals surface area contributed by atoms with E-state index in [0.717, 1.165) is 11.1 Å². The van der Waals surface area contributed by atoms with Crippen LogP contribution >= 0.6 is 0 Å². The van der Waals surface area contributed by atoms with E-state index < -0.39 is 0 Å². The summed E-state index contributed by atoms with van der Waals surface area (Å²) in [5.41, 5.74) is 1.93. The molecule has 2 rings (SSSR count). The standard InChI is InChI=1S/C12H14FNO2/c1-2-16-12(15)11-6-9-5-10(13)4-3-8(9)7-14-11/h3-5,11,14H,2,6-7H2,1H3. The molecule has 0 amide bonds. The lowest BCUT2D eigenvalue weighted by Crippen LogP contribution is -2.42. The zero-order valence-corrected chi connectivity index (χ0v) is 9.13. The van der Waals surface area contributed by atoms with Crippen molar-refractivity contribution >= 4 is 5.97 Å². The van der Waals surface area contributed by atoms with E-state index in [1.165, 1.54) is 12.1 Å². The number of rotatable bonds is 2. The Balaban J connectivity index is 2.13. The predicted molar refractivity (Wildman–Crippen MR) is 57.4 cm³/mol. The van der Waals surface area contributed by atoms with Crippen molar-refractivity contribution in [1.29, 1.82) is 0 Å². The van der Waals surface area contributed by atoms with Crippen molar-refractivity contribution in [2.45, 2.75) is 25.9 Å². The highest BCUT2D eigenvalue weighted by molar-refractivity contribution is 5.76. The first-order valence-corrected chi connectivity index (χ1v) is 5.38. The Morgan fingerprint density at radius 2 is 2.38 bits per heavy atom. The fourth-order valence-electron chi connectivity index (χ4n) is 1.89. The van der Waals surface area contributed by atoms with Gasteiger partial charge >= 0.3 is 5.97 Å². The van der Waals surface area contributed by atoms with Crippen LogP contribution in [0.2, 0.25) is 0 Å². The van der Waals surface area contributed by atoms with Crippen molar-refractivity contribution in [1.82, 2.24) is 5.32 Å². The van der Waals surface area contributed by atoms with E-state index in [9.17, 15) is 9.18 Å². The van der Waals surface area contributed by atoms with Gasteiger partial charge < -0.3 is 10.1 Å². The van der Waals surface area contributed by atoms with Crippen molar-refractivity contribution in [3.63, 3.8) is 0 Å². The molecule has 86 valence electrons. The van der Waals surface area contributed by atoms with Crippen LogP contribution in [0.5, 0.6) is 0 Å². The number of hydrogen-bond acceptors (Lipinski definition) is 3. The molecule has 1 aromatic carbocycles. The summed E-state index contributed by atoms with van der Waals surface area (Å²) in [6, 6.07) is 4.32. The van der Waals surface area contributed by atoms with Gasteiger partial charge in [-0.25, -0.2) is 4.39 Å². The second-order valence-corrected chi connectivity index (χ2v) is 3.80. The molecular weight excluding hydrogens is 209 g/mol. The van der Waals surface area contributed by atoms with Crippen LogP contribution in [0.1, 0.15) is 18.1 Å². The Bertz CT molecular complexity index is 406. The number of carbonyl (C=O) groups excluding carboxylic acids is 1. The van der Waals surface area contributed by atoms with E-state index >= 15 is 0 Å². The Hall–Kier alpha value is -1.42. The van der Waals surface area contributed by atoms with E-state index in [0.29, 0.717) is 19.6 Å². The van der Waals surface area contributed by atoms with Crippen LogP contribution < -0.4 is 5.32 Å². The average Bonchev–Trinajstić information content (AvgIpc) is 2.28. The first-order valence-electron chi connectivity index (χ1n) is 5.38. The minimum atomic E-state index is -0.353. The van der Waals surface area contributed by atoms with Crippen LogP contribution in [0.3, 0.4) is 0 Å². The van der Waals surface area contributed by atoms with Gasteiger partial charge in [0.15, 0.2) is 0 Å². The molecule has 4 heteroatoms. The number of benzene rings is 1. The summed E-state index contributed by atoms with van der Waals surface area (Å²) in [7, 11) is 0. The molecule has 1 unspecified atom stereocenters. The molecule has 1 heterocycles. The van der Waals surface area contributed by atoms with Gasteiger partial charge in [0.1, 0.15) is 11.9 Å². The number of hydrogen-bond donors (Lipinski definition) is 1. The van der Waals surface area contributed by atoms with Gasteiger partial charge in [0.05, 0.1) is 6.61 Å². The van der Waals surface area contributed by atoms with Crippen molar-refractivity contribution in [2.24, 2.45) is 0 Å². The second kappa shape index (κ2) is 4.61. The Morgan fingerprint density at radius 3 is 3.12 bits per heavy atom. The van der Waals surface area contributed by atoms with Crippen LogP contribution in [0, 0.1) is 5.82 Å². The Kier molecular flexibility index (Phi) is 3.19. The largest absolute Gasteiger partial charge is 0.465 e. The van der Waals surface area contributed by atoms with Crippen molar-refractivity contribution < 1.29 is 13.9 Å². The Morgan fingerprint density at radius 1 is 1.56 bits per heavy atom. The molecule has 1 aliphatic rings. The molecule has 1 aromatic rings. The normalized spacial score (nSPS) is 19.0. The van der Waals surface area contributed by atoms with Crippen molar-refractivity contribution in [3.8, 4) is 0 Å². The monoisotopic (exact) mass is 223 g/mol. The first-order chi connectivity index (χ1) is 7.70. The molecule has 1 N–H and O–H groups in total. The van der Waals surface area contributed by atoms with Crippen LogP contribution in [0.25, 0.3) is 0 Å². The first kappa shape index (κ1) is 11.1. The minimum absolute atomic E-state index is 0.261. The van der Waals surface area contributed by atoms with Crippen LogP contribution in [-0.2, 0) is 22.5 Å². The topological polar surface area (TPSA) is 38.3 Å². The van der Waals surface area contributed by atoms with Gasteiger partial charge in [-0.15, -0.1) is 0 Å². The summed E-state index contributed by atoms with van der Waals surface area (Å²) in [4.78, 5) is 11.5. The lowest BCUT2D eigenvalue weighted by Gasteiger charge is -2.24. The maximum atomic E-state index is 13.0. The molecule has 1 aliphatic heterocycles. The molecule has 16 heavy (non-hydrogen) atoms. The van der Waals surface area contributed by atoms with Crippen LogP contribution in [0.15, 0.2) is 18.2 Å². The molecule has 0 spiro atoms. The molecule has 0 fully saturated rings. The maximum absolute atomic E-state index is 13.0. The molecule has 3 nitrogen and oxygen atoms in total. The third kappa shape index (κ3) is 2.22. The fourth-order valence-corrected chi connectivity index (χ4v) is 1.89. The van der Waals surface area contributed by atoms with Crippen molar-refractivity contribution in [3.05, 3.63) is 35.1 Å². The summed E-state index contributed by atoms with van der Waals surface area (Å²) in [6.07, 6.45) is 0.492. The van der Waals surface area contributed by atoms with Gasteiger partial charge in [0.25, 0.3) is 0 Å². The van der Waals surface area contributed by atoms with E-state index in [1.807, 2.05) is 0 Å². The highest BCUT2D eigenvalue weighted by Gasteiger charge is 2.25.